The van der Waals surface area contributed by atoms with Gasteiger partial charge < -0.3 is 0 Å². The van der Waals surface area contributed by atoms with Crippen molar-refractivity contribution in [2.45, 2.75) is 0 Å². The van der Waals surface area contributed by atoms with Crippen molar-refractivity contribution in [3.8, 4) is 39.5 Å². The highest BCUT2D eigenvalue weighted by molar-refractivity contribution is 6.13. The lowest BCUT2D eigenvalue weighted by molar-refractivity contribution is 1.01. The van der Waals surface area contributed by atoms with Crippen LogP contribution in [0.4, 0.5) is 0 Å². The molecule has 0 unspecified atom stereocenters. The van der Waals surface area contributed by atoms with Crippen LogP contribution in [0.3, 0.4) is 0 Å². The Labute approximate surface area is 306 Å². The average Bonchev–Trinajstić information content (AvgIpc) is 3.55. The molecule has 0 N–H and O–H groups in total. The molecule has 0 radical (unpaired) electrons. The first-order valence-corrected chi connectivity index (χ1v) is 18.1. The predicted molar refractivity (Wildman–Crippen MR) is 223 cm³/mol. The van der Waals surface area contributed by atoms with Crippen molar-refractivity contribution < 1.29 is 0 Å². The molecule has 246 valence electrons. The number of hydrogen-bond donors (Lipinski definition) is 0. The number of nitrogens with zero attached hydrogens (tertiary/aromatic N) is 3. The number of para-hydroxylation sites is 1. The predicted octanol–water partition coefficient (Wildman–Crippen LogP) is 13.2. The van der Waals surface area contributed by atoms with E-state index >= 15 is 0 Å². The van der Waals surface area contributed by atoms with Gasteiger partial charge >= 0.3 is 0 Å². The van der Waals surface area contributed by atoms with Crippen LogP contribution in [0.5, 0.6) is 0 Å². The quantitative estimate of drug-likeness (QED) is 0.186. The molecule has 0 aliphatic rings. The molecule has 2 aromatic heterocycles. The Morgan fingerprint density at radius 3 is 1.62 bits per heavy atom. The first-order chi connectivity index (χ1) is 26.2. The summed E-state index contributed by atoms with van der Waals surface area (Å²) in [5.74, 6) is 0.652. The smallest absolute Gasteiger partial charge is 0.235 e. The third-order valence-corrected chi connectivity index (χ3v) is 10.7. The Bertz CT molecular complexity index is 3230. The maximum absolute atomic E-state index is 5.53. The van der Waals surface area contributed by atoms with Gasteiger partial charge in [-0.15, -0.1) is 0 Å². The molecular formula is C50H31N3. The molecule has 11 rings (SSSR count). The molecule has 0 fully saturated rings. The summed E-state index contributed by atoms with van der Waals surface area (Å²) in [4.78, 5) is 11.0. The number of benzene rings is 9. The van der Waals surface area contributed by atoms with Crippen LogP contribution < -0.4 is 0 Å². The molecular weight excluding hydrogens is 643 g/mol. The van der Waals surface area contributed by atoms with E-state index in [0.29, 0.717) is 5.95 Å². The minimum Gasteiger partial charge on any atom is -0.278 e. The second kappa shape index (κ2) is 11.7. The minimum atomic E-state index is 0.652. The van der Waals surface area contributed by atoms with E-state index in [1.165, 1.54) is 43.1 Å². The summed E-state index contributed by atoms with van der Waals surface area (Å²) in [6, 6.07) is 67.5. The Kier molecular flexibility index (Phi) is 6.55. The summed E-state index contributed by atoms with van der Waals surface area (Å²) in [6.07, 6.45) is 0. The van der Waals surface area contributed by atoms with Gasteiger partial charge in [0.25, 0.3) is 0 Å². The lowest BCUT2D eigenvalue weighted by Crippen LogP contribution is -2.04. The molecule has 3 nitrogen and oxygen atoms in total. The number of hydrogen-bond acceptors (Lipinski definition) is 2. The minimum absolute atomic E-state index is 0.652. The van der Waals surface area contributed by atoms with Crippen molar-refractivity contribution in [2.24, 2.45) is 0 Å². The van der Waals surface area contributed by atoms with Gasteiger partial charge in [-0.05, 0) is 97.0 Å². The van der Waals surface area contributed by atoms with Gasteiger partial charge in [0.15, 0.2) is 0 Å². The zero-order chi connectivity index (χ0) is 34.9. The normalized spacial score (nSPS) is 11.8. The van der Waals surface area contributed by atoms with E-state index < -0.39 is 0 Å². The summed E-state index contributed by atoms with van der Waals surface area (Å²) >= 11 is 0. The van der Waals surface area contributed by atoms with Gasteiger partial charge in [0, 0.05) is 21.7 Å². The van der Waals surface area contributed by atoms with Crippen LogP contribution in [0.1, 0.15) is 0 Å². The first kappa shape index (κ1) is 29.6. The van der Waals surface area contributed by atoms with Crippen LogP contribution in [-0.4, -0.2) is 14.5 Å². The molecule has 0 atom stereocenters. The monoisotopic (exact) mass is 673 g/mol. The van der Waals surface area contributed by atoms with E-state index in [1.807, 2.05) is 0 Å². The zero-order valence-corrected chi connectivity index (χ0v) is 28.7. The zero-order valence-electron chi connectivity index (χ0n) is 28.7. The summed E-state index contributed by atoms with van der Waals surface area (Å²) < 4.78 is 2.25. The van der Waals surface area contributed by atoms with Crippen molar-refractivity contribution >= 4 is 65.0 Å². The largest absolute Gasteiger partial charge is 0.278 e. The lowest BCUT2D eigenvalue weighted by Gasteiger charge is -2.17. The van der Waals surface area contributed by atoms with Crippen LogP contribution in [0, 0.1) is 0 Å². The number of rotatable bonds is 4. The van der Waals surface area contributed by atoms with Crippen LogP contribution in [-0.2, 0) is 0 Å². The van der Waals surface area contributed by atoms with Gasteiger partial charge in [-0.2, -0.15) is 0 Å². The van der Waals surface area contributed by atoms with E-state index in [4.69, 9.17) is 9.97 Å². The Morgan fingerprint density at radius 1 is 0.321 bits per heavy atom. The molecule has 0 bridgehead atoms. The Morgan fingerprint density at radius 2 is 0.887 bits per heavy atom. The molecule has 2 heterocycles. The highest BCUT2D eigenvalue weighted by Crippen LogP contribution is 2.41. The third-order valence-electron chi connectivity index (χ3n) is 10.7. The van der Waals surface area contributed by atoms with Crippen molar-refractivity contribution in [3.05, 3.63) is 188 Å². The topological polar surface area (TPSA) is 30.7 Å². The second-order valence-electron chi connectivity index (χ2n) is 13.8. The maximum atomic E-state index is 5.53. The summed E-state index contributed by atoms with van der Waals surface area (Å²) in [5.41, 5.74) is 9.62. The van der Waals surface area contributed by atoms with Crippen molar-refractivity contribution in [3.63, 3.8) is 0 Å². The Balaban J connectivity index is 1.26. The summed E-state index contributed by atoms with van der Waals surface area (Å²) in [5, 5.41) is 10.6. The lowest BCUT2D eigenvalue weighted by atomic mass is 9.90. The van der Waals surface area contributed by atoms with Crippen LogP contribution >= 0.6 is 0 Å². The molecule has 9 aromatic carbocycles. The molecule has 0 aliphatic heterocycles. The van der Waals surface area contributed by atoms with Gasteiger partial charge in [0.2, 0.25) is 5.95 Å². The fourth-order valence-corrected chi connectivity index (χ4v) is 8.14. The maximum Gasteiger partial charge on any atom is 0.235 e. The van der Waals surface area contributed by atoms with Gasteiger partial charge in [-0.3, -0.25) is 4.57 Å². The van der Waals surface area contributed by atoms with Crippen molar-refractivity contribution in [1.82, 2.24) is 14.5 Å². The fraction of sp³-hybridized carbons (Fsp3) is 0. The van der Waals surface area contributed by atoms with Crippen LogP contribution in [0.15, 0.2) is 188 Å². The van der Waals surface area contributed by atoms with E-state index in [9.17, 15) is 0 Å². The van der Waals surface area contributed by atoms with Gasteiger partial charge in [-0.25, -0.2) is 9.97 Å². The molecule has 0 saturated heterocycles. The molecule has 11 aromatic rings. The molecule has 0 amide bonds. The molecule has 3 heteroatoms. The number of aromatic nitrogens is 3. The molecule has 0 aliphatic carbocycles. The van der Waals surface area contributed by atoms with E-state index in [0.717, 1.165) is 55.4 Å². The van der Waals surface area contributed by atoms with Crippen molar-refractivity contribution in [2.75, 3.05) is 0 Å². The van der Waals surface area contributed by atoms with Gasteiger partial charge in [-0.1, -0.05) is 146 Å². The van der Waals surface area contributed by atoms with Gasteiger partial charge in [0.05, 0.1) is 22.2 Å². The first-order valence-electron chi connectivity index (χ1n) is 18.1. The molecule has 0 saturated carbocycles. The standard InChI is InChI=1S/C50H31N3/c1-2-14-34(15-3-1)42-30-45-46(31-43(42)39-24-22-32-12-4-6-16-35(32)26-39)51-50(52-49(45)40-25-23-33-13-5-7-17-36(33)27-40)53-47-21-11-10-20-41(47)44-28-37-18-8-9-19-38(37)29-48(44)53/h1-31H. The molecule has 0 spiro atoms. The average molecular weight is 674 g/mol. The molecule has 53 heavy (non-hydrogen) atoms. The summed E-state index contributed by atoms with van der Waals surface area (Å²) in [6.45, 7) is 0. The summed E-state index contributed by atoms with van der Waals surface area (Å²) in [7, 11) is 0. The van der Waals surface area contributed by atoms with Crippen LogP contribution in [0.25, 0.3) is 104 Å². The van der Waals surface area contributed by atoms with E-state index in [-0.39, 0.29) is 0 Å². The van der Waals surface area contributed by atoms with Crippen LogP contribution in [0.2, 0.25) is 0 Å². The van der Waals surface area contributed by atoms with E-state index in [1.54, 1.807) is 0 Å². The SMILES string of the molecule is c1ccc(-c2cc3c(-c4ccc5ccccc5c4)nc(-n4c5ccccc5c5cc6ccccc6cc54)nc3cc2-c2ccc3ccccc3c2)cc1. The van der Waals surface area contributed by atoms with E-state index in [2.05, 4.69) is 193 Å². The van der Waals surface area contributed by atoms with Gasteiger partial charge in [0.1, 0.15) is 0 Å². The highest BCUT2D eigenvalue weighted by atomic mass is 15.2. The fourth-order valence-electron chi connectivity index (χ4n) is 8.14. The highest BCUT2D eigenvalue weighted by Gasteiger charge is 2.20. The number of fused-ring (bicyclic) bond motifs is 7. The third kappa shape index (κ3) is 4.82. The van der Waals surface area contributed by atoms with Crippen molar-refractivity contribution in [1.29, 1.82) is 0 Å². The Hall–Kier alpha value is -7.10. The second-order valence-corrected chi connectivity index (χ2v) is 13.8.